The number of hydrogen-bond acceptors (Lipinski definition) is 4. The van der Waals surface area contributed by atoms with E-state index in [0.29, 0.717) is 5.82 Å². The average Bonchev–Trinajstić information content (AvgIpc) is 3.08. The topological polar surface area (TPSA) is 47.9 Å². The Labute approximate surface area is 168 Å². The Kier molecular flexibility index (Phi) is 7.05. The third kappa shape index (κ3) is 3.79. The van der Waals surface area contributed by atoms with Crippen LogP contribution in [0.1, 0.15) is 13.8 Å². The fraction of sp³-hybridized carbons (Fsp3) is 0.0870. The first kappa shape index (κ1) is 20.8. The Bertz CT molecular complexity index is 910. The van der Waals surface area contributed by atoms with Crippen molar-refractivity contribution < 1.29 is 5.11 Å². The number of allylic oxidation sites excluding steroid dienone is 12. The molecule has 2 aliphatic rings. The Morgan fingerprint density at radius 1 is 1.18 bits per heavy atom. The molecule has 142 valence electrons. The number of hydrogen-bond donors (Lipinski definition) is 2. The minimum atomic E-state index is -0.208. The van der Waals surface area contributed by atoms with Gasteiger partial charge in [-0.15, -0.1) is 0 Å². The van der Waals surface area contributed by atoms with E-state index in [0.717, 1.165) is 28.0 Å². The van der Waals surface area contributed by atoms with Gasteiger partial charge >= 0.3 is 6.98 Å². The maximum absolute atomic E-state index is 10.2. The van der Waals surface area contributed by atoms with Crippen LogP contribution in [-0.2, 0) is 0 Å². The van der Waals surface area contributed by atoms with E-state index in [4.69, 9.17) is 0 Å². The van der Waals surface area contributed by atoms with Crippen LogP contribution in [0.4, 0.5) is 0 Å². The summed E-state index contributed by atoms with van der Waals surface area (Å²) in [5.41, 5.74) is 4.54. The van der Waals surface area contributed by atoms with Crippen LogP contribution in [0.2, 0.25) is 0 Å². The van der Waals surface area contributed by atoms with Gasteiger partial charge in [0.25, 0.3) is 0 Å². The zero-order valence-electron chi connectivity index (χ0n) is 16.5. The van der Waals surface area contributed by atoms with Crippen LogP contribution in [0.15, 0.2) is 126 Å². The van der Waals surface area contributed by atoms with Gasteiger partial charge in [-0.25, -0.2) is 4.99 Å². The molecule has 2 aliphatic heterocycles. The van der Waals surface area contributed by atoms with Gasteiger partial charge in [0.1, 0.15) is 11.6 Å². The molecule has 0 aliphatic carbocycles. The molecule has 0 saturated heterocycles. The number of aliphatic hydroxyl groups excluding tert-OH is 1. The molecular weight excluding hydrogens is 345 g/mol. The molecule has 2 rings (SSSR count). The molecular formula is C23H26BN3O. The molecule has 0 bridgehead atoms. The van der Waals surface area contributed by atoms with E-state index in [1.807, 2.05) is 36.9 Å². The van der Waals surface area contributed by atoms with E-state index in [9.17, 15) is 5.11 Å². The number of fused-ring (bicyclic) bond motifs is 1. The van der Waals surface area contributed by atoms with Crippen LogP contribution in [0.25, 0.3) is 0 Å². The van der Waals surface area contributed by atoms with Gasteiger partial charge in [-0.1, -0.05) is 62.8 Å². The van der Waals surface area contributed by atoms with Crippen LogP contribution in [0.5, 0.6) is 0 Å². The molecule has 0 atom stereocenters. The summed E-state index contributed by atoms with van der Waals surface area (Å²) in [6, 6.07) is 0. The van der Waals surface area contributed by atoms with Gasteiger partial charge in [0.15, 0.2) is 0 Å². The van der Waals surface area contributed by atoms with E-state index < -0.39 is 0 Å². The summed E-state index contributed by atoms with van der Waals surface area (Å²) in [5.74, 6) is 0.743. The van der Waals surface area contributed by atoms with Gasteiger partial charge < -0.3 is 15.1 Å². The van der Waals surface area contributed by atoms with Crippen LogP contribution >= 0.6 is 0 Å². The lowest BCUT2D eigenvalue weighted by molar-refractivity contribution is 0.430. The third-order valence-corrected chi connectivity index (χ3v) is 4.41. The highest BCUT2D eigenvalue weighted by Crippen LogP contribution is 2.40. The van der Waals surface area contributed by atoms with Crippen LogP contribution in [0.3, 0.4) is 0 Å². The van der Waals surface area contributed by atoms with Crippen LogP contribution in [0, 0.1) is 0 Å². The Morgan fingerprint density at radius 3 is 2.46 bits per heavy atom. The Balaban J connectivity index is 2.89. The lowest BCUT2D eigenvalue weighted by atomic mass is 9.58. The molecule has 0 radical (unpaired) electrons. The van der Waals surface area contributed by atoms with Gasteiger partial charge in [0.2, 0.25) is 0 Å². The second-order valence-electron chi connectivity index (χ2n) is 6.00. The van der Waals surface area contributed by atoms with E-state index in [2.05, 4.69) is 42.6 Å². The van der Waals surface area contributed by atoms with Gasteiger partial charge in [-0.05, 0) is 37.0 Å². The fourth-order valence-corrected chi connectivity index (χ4v) is 3.24. The quantitative estimate of drug-likeness (QED) is 0.285. The molecule has 0 fully saturated rings. The van der Waals surface area contributed by atoms with E-state index in [1.165, 1.54) is 6.08 Å². The third-order valence-electron chi connectivity index (χ3n) is 4.41. The molecule has 0 aromatic carbocycles. The zero-order valence-corrected chi connectivity index (χ0v) is 16.5. The predicted octanol–water partition coefficient (Wildman–Crippen LogP) is 5.06. The van der Waals surface area contributed by atoms with Crippen molar-refractivity contribution >= 4 is 13.2 Å². The lowest BCUT2D eigenvalue weighted by Gasteiger charge is -2.35. The standard InChI is InChI=1S/C23H26BN3O/c1-7-13-14-20-18(10-4)19(11-5)22(16-17(28)9-3)27-23(25-15-8-2)21(12-6)26-24(20)27/h7-16,26,28H,2-3,5-6H2,1,4H3/b13-7-,17-16+,18-10-,20-14+,25-15-. The molecule has 0 amide bonds. The number of nitrogens with zero attached hydrogens (tertiary/aromatic N) is 2. The van der Waals surface area contributed by atoms with Crippen molar-refractivity contribution in [3.63, 3.8) is 0 Å². The van der Waals surface area contributed by atoms with E-state index in [-0.39, 0.29) is 12.7 Å². The minimum absolute atomic E-state index is 0.0588. The largest absolute Gasteiger partial charge is 0.508 e. The van der Waals surface area contributed by atoms with Crippen molar-refractivity contribution in [3.05, 3.63) is 121 Å². The molecule has 4 nitrogen and oxygen atoms in total. The van der Waals surface area contributed by atoms with Crippen LogP contribution < -0.4 is 5.23 Å². The molecule has 5 heteroatoms. The second kappa shape index (κ2) is 9.46. The summed E-state index contributed by atoms with van der Waals surface area (Å²) >= 11 is 0. The highest BCUT2D eigenvalue weighted by Gasteiger charge is 2.44. The van der Waals surface area contributed by atoms with Crippen LogP contribution in [-0.4, -0.2) is 23.1 Å². The highest BCUT2D eigenvalue weighted by molar-refractivity contribution is 6.66. The molecule has 0 aromatic heterocycles. The average molecular weight is 371 g/mol. The first-order chi connectivity index (χ1) is 13.6. The van der Waals surface area contributed by atoms with E-state index in [1.54, 1.807) is 30.5 Å². The first-order valence-corrected chi connectivity index (χ1v) is 9.05. The predicted molar refractivity (Wildman–Crippen MR) is 121 cm³/mol. The molecule has 0 saturated carbocycles. The highest BCUT2D eigenvalue weighted by atomic mass is 16.3. The molecule has 0 aromatic rings. The number of rotatable bonds is 7. The van der Waals surface area contributed by atoms with E-state index >= 15 is 0 Å². The van der Waals surface area contributed by atoms with Crippen molar-refractivity contribution in [1.82, 2.24) is 10.0 Å². The molecule has 0 spiro atoms. The maximum Gasteiger partial charge on any atom is 0.415 e. The van der Waals surface area contributed by atoms with Gasteiger partial charge in [-0.2, -0.15) is 0 Å². The lowest BCUT2D eigenvalue weighted by Crippen LogP contribution is -2.47. The second-order valence-corrected chi connectivity index (χ2v) is 6.00. The summed E-state index contributed by atoms with van der Waals surface area (Å²) in [4.78, 5) is 6.58. The molecule has 2 heterocycles. The summed E-state index contributed by atoms with van der Waals surface area (Å²) < 4.78 is 0. The van der Waals surface area contributed by atoms with Crippen molar-refractivity contribution in [2.75, 3.05) is 0 Å². The van der Waals surface area contributed by atoms with Gasteiger partial charge in [0, 0.05) is 23.6 Å². The van der Waals surface area contributed by atoms with Crippen molar-refractivity contribution in [3.8, 4) is 0 Å². The minimum Gasteiger partial charge on any atom is -0.508 e. The number of nitrogens with one attached hydrogen (secondary N) is 1. The monoisotopic (exact) mass is 371 g/mol. The Morgan fingerprint density at radius 2 is 1.93 bits per heavy atom. The molecule has 28 heavy (non-hydrogen) atoms. The number of aliphatic hydroxyl groups is 1. The SMILES string of the molecule is C=C/C=N\C1=C(C=C)NB2C(=C/C=C\C)/C(=C\C)C(C=C)=C(/C=C(/O)C=C)N21. The summed E-state index contributed by atoms with van der Waals surface area (Å²) in [7, 11) is 0. The Hall–Kier alpha value is -3.47. The normalized spacial score (nSPS) is 20.4. The van der Waals surface area contributed by atoms with Gasteiger partial charge in [0.05, 0.1) is 5.70 Å². The molecule has 0 unspecified atom stereocenters. The maximum atomic E-state index is 10.2. The summed E-state index contributed by atoms with van der Waals surface area (Å²) in [5, 5.41) is 13.7. The smallest absolute Gasteiger partial charge is 0.415 e. The fourth-order valence-electron chi connectivity index (χ4n) is 3.24. The number of aliphatic imine (C=N–C) groups is 1. The molecule has 2 N–H and O–H groups in total. The van der Waals surface area contributed by atoms with Gasteiger partial charge in [-0.3, -0.25) is 0 Å². The van der Waals surface area contributed by atoms with Crippen molar-refractivity contribution in [2.24, 2.45) is 4.99 Å². The summed E-state index contributed by atoms with van der Waals surface area (Å²) in [6.45, 7) is 19.0. The zero-order chi connectivity index (χ0) is 20.7. The summed E-state index contributed by atoms with van der Waals surface area (Å²) in [6.07, 6.45) is 17.9. The van der Waals surface area contributed by atoms with Crippen molar-refractivity contribution in [2.45, 2.75) is 13.8 Å². The van der Waals surface area contributed by atoms with Crippen molar-refractivity contribution in [1.29, 1.82) is 0 Å². The first-order valence-electron chi connectivity index (χ1n) is 9.05.